The number of unbranched alkanes of at least 4 members (excludes halogenated alkanes) is 13. The molecule has 0 spiro atoms. The van der Waals surface area contributed by atoms with E-state index in [1.54, 1.807) is 0 Å². The van der Waals surface area contributed by atoms with Crippen molar-refractivity contribution in [2.75, 3.05) is 86.0 Å². The highest BCUT2D eigenvalue weighted by Gasteiger charge is 2.32. The fourth-order valence-electron chi connectivity index (χ4n) is 8.37. The minimum absolute atomic E-state index is 0.0103. The number of carbonyl (C=O) groups excluding carboxylic acids is 9. The smallest absolute Gasteiger partial charge is 0.317 e. The number of aliphatic hydroxyl groups excluding tert-OH is 4. The van der Waals surface area contributed by atoms with Gasteiger partial charge in [-0.05, 0) is 51.5 Å². The number of aliphatic hydroxyl groups is 5. The molecule has 0 aliphatic heterocycles. The number of ether oxygens (including phenoxy) is 2. The first-order valence-corrected chi connectivity index (χ1v) is 29.4. The second-order valence-corrected chi connectivity index (χ2v) is 20.5. The maximum atomic E-state index is 13.7. The number of hydrogen-bond donors (Lipinski definition) is 17. The van der Waals surface area contributed by atoms with Crippen molar-refractivity contribution in [1.29, 1.82) is 0 Å². The molecule has 0 rings (SSSR count). The molecule has 490 valence electrons. The molecule has 0 aliphatic carbocycles. The monoisotopic (exact) mass is 1220 g/mol. The number of likely N-dealkylation sites (N-methyl/N-ethyl adjacent to an activating group) is 1. The third kappa shape index (κ3) is 43.1. The number of carboxylic acid groups (broad SMARTS) is 2. The lowest BCUT2D eigenvalue weighted by Crippen LogP contribution is -2.60. The molecule has 0 aliphatic rings. The Balaban J connectivity index is 5.15. The summed E-state index contributed by atoms with van der Waals surface area (Å²) < 4.78 is 10.7. The van der Waals surface area contributed by atoms with E-state index in [1.807, 2.05) is 6.92 Å². The number of carbonyl (C=O) groups is 11. The SMILES string of the molecule is CCCC[C@H](NC(=O)[C@H](CCCCNC(O)CN(CC(=O)O)CC(O)O)NC(=O)[C@H](CO)NC(=O)[C@H](CCC(N)=O)NC(=O)[C@H](CO)NC(=O)CNC(=O)COCCOCCNC(=O)CCCCCCCCCCCCCCC(=O)O)C(=O)NC. The van der Waals surface area contributed by atoms with Gasteiger partial charge in [0.1, 0.15) is 43.0 Å². The van der Waals surface area contributed by atoms with Crippen LogP contribution in [-0.2, 0) is 62.2 Å². The maximum Gasteiger partial charge on any atom is 0.317 e. The van der Waals surface area contributed by atoms with Crippen LogP contribution in [0.5, 0.6) is 0 Å². The van der Waals surface area contributed by atoms with Crippen molar-refractivity contribution in [3.8, 4) is 0 Å². The van der Waals surface area contributed by atoms with E-state index >= 15 is 0 Å². The van der Waals surface area contributed by atoms with Gasteiger partial charge >= 0.3 is 11.9 Å². The second kappa shape index (κ2) is 50.0. The topological polar surface area (TPSA) is 485 Å². The van der Waals surface area contributed by atoms with Crippen LogP contribution in [0.4, 0.5) is 0 Å². The second-order valence-electron chi connectivity index (χ2n) is 20.5. The van der Waals surface area contributed by atoms with Crippen LogP contribution in [0.3, 0.4) is 0 Å². The van der Waals surface area contributed by atoms with Gasteiger partial charge in [-0.3, -0.25) is 63.0 Å². The zero-order chi connectivity index (χ0) is 63.8. The average molecular weight is 1220 g/mol. The summed E-state index contributed by atoms with van der Waals surface area (Å²) in [7, 11) is 1.37. The van der Waals surface area contributed by atoms with E-state index in [0.29, 0.717) is 25.8 Å². The molecule has 0 heterocycles. The molecule has 18 N–H and O–H groups in total. The first kappa shape index (κ1) is 78.8. The van der Waals surface area contributed by atoms with Crippen LogP contribution in [0, 0.1) is 0 Å². The first-order valence-electron chi connectivity index (χ1n) is 29.4. The van der Waals surface area contributed by atoms with Crippen molar-refractivity contribution in [1.82, 2.24) is 52.8 Å². The molecule has 0 aromatic carbocycles. The van der Waals surface area contributed by atoms with Gasteiger partial charge in [-0.25, -0.2) is 0 Å². The van der Waals surface area contributed by atoms with Crippen molar-refractivity contribution >= 4 is 65.1 Å². The molecule has 0 radical (unpaired) electrons. The average Bonchev–Trinajstić information content (AvgIpc) is 3.44. The third-order valence-corrected chi connectivity index (χ3v) is 13.0. The number of primary amides is 1. The van der Waals surface area contributed by atoms with E-state index < -0.39 is 154 Å². The Hall–Kier alpha value is -6.19. The van der Waals surface area contributed by atoms with Gasteiger partial charge in [0.15, 0.2) is 6.29 Å². The lowest BCUT2D eigenvalue weighted by molar-refractivity contribution is -0.140. The van der Waals surface area contributed by atoms with Gasteiger partial charge in [0.25, 0.3) is 0 Å². The summed E-state index contributed by atoms with van der Waals surface area (Å²) in [4.78, 5) is 139. The van der Waals surface area contributed by atoms with E-state index in [2.05, 4.69) is 47.9 Å². The van der Waals surface area contributed by atoms with Crippen molar-refractivity contribution in [2.45, 2.75) is 191 Å². The predicted molar refractivity (Wildman–Crippen MR) is 306 cm³/mol. The molecule has 0 aromatic rings. The number of amides is 9. The van der Waals surface area contributed by atoms with Crippen molar-refractivity contribution in [3.63, 3.8) is 0 Å². The van der Waals surface area contributed by atoms with Crippen LogP contribution in [-0.4, -0.2) is 234 Å². The quantitative estimate of drug-likeness (QED) is 0.0205. The number of nitrogens with zero attached hydrogens (tertiary/aromatic N) is 1. The fourth-order valence-corrected chi connectivity index (χ4v) is 8.37. The Morgan fingerprint density at radius 3 is 1.49 bits per heavy atom. The summed E-state index contributed by atoms with van der Waals surface area (Å²) in [5.74, 6) is -9.32. The maximum absolute atomic E-state index is 13.7. The number of aliphatic carboxylic acids is 2. The first-order chi connectivity index (χ1) is 40.6. The Bertz CT molecular complexity index is 1970. The molecule has 0 bridgehead atoms. The van der Waals surface area contributed by atoms with Crippen molar-refractivity contribution in [3.05, 3.63) is 0 Å². The molecule has 0 aromatic heterocycles. The highest BCUT2D eigenvalue weighted by molar-refractivity contribution is 5.97. The molecule has 0 saturated carbocycles. The van der Waals surface area contributed by atoms with E-state index in [0.717, 1.165) is 62.7 Å². The molecule has 31 heteroatoms. The number of rotatable bonds is 55. The number of nitrogens with two attached hydrogens (primary N) is 1. The van der Waals surface area contributed by atoms with Gasteiger partial charge in [0.2, 0.25) is 53.2 Å². The molecule has 0 fully saturated rings. The minimum Gasteiger partial charge on any atom is -0.481 e. The van der Waals surface area contributed by atoms with E-state index in [4.69, 9.17) is 25.4 Å². The number of hydrogen-bond acceptors (Lipinski definition) is 20. The largest absolute Gasteiger partial charge is 0.481 e. The Morgan fingerprint density at radius 2 is 0.976 bits per heavy atom. The minimum atomic E-state index is -1.86. The summed E-state index contributed by atoms with van der Waals surface area (Å²) in [5.41, 5.74) is 5.30. The molecule has 9 amide bonds. The summed E-state index contributed by atoms with van der Waals surface area (Å²) in [6.07, 6.45) is 10.9. The molecular formula is C54H99N11O20. The van der Waals surface area contributed by atoms with Crippen LogP contribution >= 0.6 is 0 Å². The van der Waals surface area contributed by atoms with Gasteiger partial charge in [-0.2, -0.15) is 0 Å². The normalized spacial score (nSPS) is 13.3. The highest BCUT2D eigenvalue weighted by atomic mass is 16.5. The molecular weight excluding hydrogens is 1120 g/mol. The molecule has 6 atom stereocenters. The summed E-state index contributed by atoms with van der Waals surface area (Å²) in [6.45, 7) is -1.94. The van der Waals surface area contributed by atoms with Gasteiger partial charge in [-0.1, -0.05) is 84.0 Å². The summed E-state index contributed by atoms with van der Waals surface area (Å²) >= 11 is 0. The third-order valence-electron chi connectivity index (χ3n) is 13.0. The van der Waals surface area contributed by atoms with Gasteiger partial charge < -0.3 is 93.5 Å². The fraction of sp³-hybridized carbons (Fsp3) is 0.796. The Labute approximate surface area is 497 Å². The number of carboxylic acids is 2. The number of nitrogens with one attached hydrogen (secondary N) is 9. The van der Waals surface area contributed by atoms with E-state index in [9.17, 15) is 78.3 Å². The van der Waals surface area contributed by atoms with E-state index in [-0.39, 0.29) is 70.9 Å². The van der Waals surface area contributed by atoms with Gasteiger partial charge in [0, 0.05) is 45.9 Å². The molecule has 0 saturated heterocycles. The van der Waals surface area contributed by atoms with Crippen molar-refractivity contribution in [2.24, 2.45) is 5.73 Å². The predicted octanol–water partition coefficient (Wildman–Crippen LogP) is -3.82. The van der Waals surface area contributed by atoms with Crippen LogP contribution in [0.15, 0.2) is 0 Å². The Morgan fingerprint density at radius 1 is 0.482 bits per heavy atom. The van der Waals surface area contributed by atoms with Crippen LogP contribution < -0.4 is 53.6 Å². The zero-order valence-corrected chi connectivity index (χ0v) is 49.5. The lowest BCUT2D eigenvalue weighted by atomic mass is 10.0. The van der Waals surface area contributed by atoms with E-state index in [1.165, 1.54) is 26.3 Å². The van der Waals surface area contributed by atoms with Crippen molar-refractivity contribution < 1.29 is 98.0 Å². The van der Waals surface area contributed by atoms with Gasteiger partial charge in [-0.15, -0.1) is 0 Å². The lowest BCUT2D eigenvalue weighted by Gasteiger charge is -2.26. The molecule has 85 heavy (non-hydrogen) atoms. The summed E-state index contributed by atoms with van der Waals surface area (Å²) in [5, 5.41) is 89.0. The highest BCUT2D eigenvalue weighted by Crippen LogP contribution is 2.14. The standard InChI is InChI=1S/C54H99N11O20/c1-3-4-19-37(50(79)56-2)61-51(80)38(20-17-18-25-57-45(71)31-65(32-48(75)76)33-49(77)78)62-54(83)41(35-67)64-52(81)39(23-24-42(55)68)63-53(82)40(34-66)60-44(70)30-59-46(72)36-85-29-28-84-27-26-58-43(69)21-15-13-11-9-7-5-6-8-10-12-14-16-22-47(73)74/h37-41,45,48,57,66-67,71,75-76H,3-36H2,1-2H3,(H2,55,68)(H,56,79)(H,58,69)(H,59,72)(H,60,70)(H,61,80)(H,62,83)(H,63,82)(H,64,81)(H,73,74)(H,77,78)/t37-,38-,39-,40-,41-,45?/m0/s1. The van der Waals surface area contributed by atoms with Crippen LogP contribution in [0.25, 0.3) is 0 Å². The summed E-state index contributed by atoms with van der Waals surface area (Å²) in [6, 6.07) is -7.54. The van der Waals surface area contributed by atoms with Crippen LogP contribution in [0.2, 0.25) is 0 Å². The Kier molecular flexibility index (Phi) is 46.4. The van der Waals surface area contributed by atoms with Crippen LogP contribution in [0.1, 0.15) is 148 Å². The zero-order valence-electron chi connectivity index (χ0n) is 49.5. The van der Waals surface area contributed by atoms with Gasteiger partial charge in [0.05, 0.1) is 46.1 Å². The molecule has 1 unspecified atom stereocenters. The molecule has 31 nitrogen and oxygen atoms in total.